The van der Waals surface area contributed by atoms with Crippen molar-refractivity contribution in [3.05, 3.63) is 0 Å². The van der Waals surface area contributed by atoms with Crippen molar-refractivity contribution in [2.45, 2.75) is 19.8 Å². The van der Waals surface area contributed by atoms with Crippen molar-refractivity contribution in [2.75, 3.05) is 40.1 Å². The molecule has 0 amide bonds. The first-order valence-corrected chi connectivity index (χ1v) is 4.56. The van der Waals surface area contributed by atoms with Crippen LogP contribution in [-0.2, 0) is 14.2 Å². The summed E-state index contributed by atoms with van der Waals surface area (Å²) in [4.78, 5) is 0. The van der Waals surface area contributed by atoms with E-state index in [0.29, 0.717) is 26.4 Å². The van der Waals surface area contributed by atoms with Crippen LogP contribution < -0.4 is 0 Å². The molecule has 0 heterocycles. The zero-order valence-corrected chi connectivity index (χ0v) is 8.17. The maximum atomic E-state index is 5.29. The van der Waals surface area contributed by atoms with Crippen LogP contribution in [0.15, 0.2) is 0 Å². The van der Waals surface area contributed by atoms with Crippen molar-refractivity contribution in [2.24, 2.45) is 0 Å². The van der Waals surface area contributed by atoms with E-state index >= 15 is 0 Å². The molecule has 0 bridgehead atoms. The summed E-state index contributed by atoms with van der Waals surface area (Å²) in [6, 6.07) is 0. The molecule has 3 heteroatoms. The topological polar surface area (TPSA) is 27.7 Å². The molecule has 0 radical (unpaired) electrons. The Labute approximate surface area is 75.0 Å². The van der Waals surface area contributed by atoms with Gasteiger partial charge >= 0.3 is 0 Å². The van der Waals surface area contributed by atoms with Crippen molar-refractivity contribution >= 4 is 0 Å². The Bertz CT molecular complexity index is 66.2. The Morgan fingerprint density at radius 2 is 1.42 bits per heavy atom. The van der Waals surface area contributed by atoms with Crippen molar-refractivity contribution in [3.8, 4) is 0 Å². The van der Waals surface area contributed by atoms with E-state index in [4.69, 9.17) is 14.2 Å². The highest BCUT2D eigenvalue weighted by Gasteiger charge is 1.88. The molecule has 0 spiro atoms. The Hall–Kier alpha value is -0.120. The minimum Gasteiger partial charge on any atom is -0.382 e. The summed E-state index contributed by atoms with van der Waals surface area (Å²) in [7, 11) is 1.67. The second kappa shape index (κ2) is 10.9. The van der Waals surface area contributed by atoms with Crippen LogP contribution in [0, 0.1) is 0 Å². The first kappa shape index (κ1) is 11.9. The molecule has 0 aromatic carbocycles. The van der Waals surface area contributed by atoms with Gasteiger partial charge in [-0.2, -0.15) is 0 Å². The second-order valence-electron chi connectivity index (χ2n) is 2.57. The van der Waals surface area contributed by atoms with E-state index in [1.165, 1.54) is 6.42 Å². The Morgan fingerprint density at radius 1 is 0.833 bits per heavy atom. The Kier molecular flexibility index (Phi) is 10.8. The lowest BCUT2D eigenvalue weighted by Crippen LogP contribution is -2.08. The number of hydrogen-bond acceptors (Lipinski definition) is 3. The zero-order chi connectivity index (χ0) is 9.07. The van der Waals surface area contributed by atoms with E-state index in [2.05, 4.69) is 6.92 Å². The van der Waals surface area contributed by atoms with Crippen LogP contribution in [0.5, 0.6) is 0 Å². The van der Waals surface area contributed by atoms with Gasteiger partial charge in [0.05, 0.1) is 26.4 Å². The molecule has 12 heavy (non-hydrogen) atoms. The highest BCUT2D eigenvalue weighted by molar-refractivity contribution is 4.34. The highest BCUT2D eigenvalue weighted by Crippen LogP contribution is 1.87. The largest absolute Gasteiger partial charge is 0.382 e. The minimum absolute atomic E-state index is 0.660. The van der Waals surface area contributed by atoms with Crippen LogP contribution in [0.4, 0.5) is 0 Å². The Morgan fingerprint density at radius 3 is 2.00 bits per heavy atom. The normalized spacial score (nSPS) is 10.5. The van der Waals surface area contributed by atoms with Gasteiger partial charge in [0.1, 0.15) is 0 Å². The molecular weight excluding hydrogens is 156 g/mol. The standard InChI is InChI=1S/C9H20O3/c1-3-4-5-11-8-9-12-7-6-10-2/h3-9H2,1-2H3. The van der Waals surface area contributed by atoms with E-state index in [9.17, 15) is 0 Å². The predicted molar refractivity (Wildman–Crippen MR) is 48.4 cm³/mol. The lowest BCUT2D eigenvalue weighted by atomic mass is 10.4. The van der Waals surface area contributed by atoms with Gasteiger partial charge in [-0.15, -0.1) is 0 Å². The van der Waals surface area contributed by atoms with Gasteiger partial charge in [-0.3, -0.25) is 0 Å². The third-order valence-corrected chi connectivity index (χ3v) is 1.45. The van der Waals surface area contributed by atoms with E-state index in [1.54, 1.807) is 7.11 Å². The van der Waals surface area contributed by atoms with Crippen molar-refractivity contribution in [1.29, 1.82) is 0 Å². The molecule has 0 rings (SSSR count). The lowest BCUT2D eigenvalue weighted by Gasteiger charge is -2.04. The highest BCUT2D eigenvalue weighted by atomic mass is 16.5. The fourth-order valence-corrected chi connectivity index (χ4v) is 0.711. The van der Waals surface area contributed by atoms with Gasteiger partial charge in [0.2, 0.25) is 0 Å². The first-order chi connectivity index (χ1) is 5.91. The molecule has 0 aromatic heterocycles. The lowest BCUT2D eigenvalue weighted by molar-refractivity contribution is 0.0242. The van der Waals surface area contributed by atoms with Gasteiger partial charge in [-0.05, 0) is 6.42 Å². The first-order valence-electron chi connectivity index (χ1n) is 4.56. The van der Waals surface area contributed by atoms with Crippen LogP contribution in [0.3, 0.4) is 0 Å². The quantitative estimate of drug-likeness (QED) is 0.498. The van der Waals surface area contributed by atoms with E-state index in [1.807, 2.05) is 0 Å². The summed E-state index contributed by atoms with van der Waals surface area (Å²) in [5, 5.41) is 0. The summed E-state index contributed by atoms with van der Waals surface area (Å²) >= 11 is 0. The molecule has 0 saturated heterocycles. The molecule has 0 aliphatic heterocycles. The molecule has 0 N–H and O–H groups in total. The number of methoxy groups -OCH3 is 1. The summed E-state index contributed by atoms with van der Waals surface area (Å²) in [5.41, 5.74) is 0. The molecule has 0 saturated carbocycles. The molecular formula is C9H20O3. The number of rotatable bonds is 9. The summed E-state index contributed by atoms with van der Waals surface area (Å²) in [6.07, 6.45) is 2.32. The van der Waals surface area contributed by atoms with Gasteiger partial charge in [0, 0.05) is 13.7 Å². The maximum absolute atomic E-state index is 5.29. The molecule has 0 fully saturated rings. The molecule has 0 atom stereocenters. The smallest absolute Gasteiger partial charge is 0.0701 e. The van der Waals surface area contributed by atoms with Crippen LogP contribution in [0.2, 0.25) is 0 Å². The number of unbranched alkanes of at least 4 members (excludes halogenated alkanes) is 1. The Balaban J connectivity index is 2.73. The van der Waals surface area contributed by atoms with Crippen LogP contribution in [0.1, 0.15) is 19.8 Å². The summed E-state index contributed by atoms with van der Waals surface area (Å²) in [5.74, 6) is 0. The van der Waals surface area contributed by atoms with Crippen molar-refractivity contribution < 1.29 is 14.2 Å². The molecule has 0 aromatic rings. The average molecular weight is 176 g/mol. The fraction of sp³-hybridized carbons (Fsp3) is 1.00. The molecule has 0 aliphatic carbocycles. The van der Waals surface area contributed by atoms with E-state index in [0.717, 1.165) is 13.0 Å². The second-order valence-corrected chi connectivity index (χ2v) is 2.57. The number of hydrogen-bond donors (Lipinski definition) is 0. The summed E-state index contributed by atoms with van der Waals surface area (Å²) in [6.45, 7) is 5.70. The van der Waals surface area contributed by atoms with Crippen molar-refractivity contribution in [1.82, 2.24) is 0 Å². The van der Waals surface area contributed by atoms with E-state index in [-0.39, 0.29) is 0 Å². The van der Waals surface area contributed by atoms with Gasteiger partial charge in [-0.1, -0.05) is 13.3 Å². The summed E-state index contributed by atoms with van der Waals surface area (Å²) < 4.78 is 15.3. The van der Waals surface area contributed by atoms with E-state index < -0.39 is 0 Å². The minimum atomic E-state index is 0.660. The zero-order valence-electron chi connectivity index (χ0n) is 8.17. The molecule has 0 unspecified atom stereocenters. The van der Waals surface area contributed by atoms with Crippen LogP contribution in [-0.4, -0.2) is 40.1 Å². The molecule has 74 valence electrons. The van der Waals surface area contributed by atoms with Gasteiger partial charge in [0.25, 0.3) is 0 Å². The van der Waals surface area contributed by atoms with Gasteiger partial charge < -0.3 is 14.2 Å². The monoisotopic (exact) mass is 176 g/mol. The van der Waals surface area contributed by atoms with Crippen LogP contribution in [0.25, 0.3) is 0 Å². The van der Waals surface area contributed by atoms with Gasteiger partial charge in [-0.25, -0.2) is 0 Å². The SMILES string of the molecule is CCCCOCCOCCOC. The number of ether oxygens (including phenoxy) is 3. The maximum Gasteiger partial charge on any atom is 0.0701 e. The van der Waals surface area contributed by atoms with Gasteiger partial charge in [0.15, 0.2) is 0 Å². The molecule has 0 aliphatic rings. The molecule has 3 nitrogen and oxygen atoms in total. The van der Waals surface area contributed by atoms with Crippen molar-refractivity contribution in [3.63, 3.8) is 0 Å². The predicted octanol–water partition coefficient (Wildman–Crippen LogP) is 1.47. The fourth-order valence-electron chi connectivity index (χ4n) is 0.711. The third kappa shape index (κ3) is 9.88. The van der Waals surface area contributed by atoms with Crippen LogP contribution >= 0.6 is 0 Å². The third-order valence-electron chi connectivity index (χ3n) is 1.45. The average Bonchev–Trinajstić information content (AvgIpc) is 2.10.